The normalized spacial score (nSPS) is 14.3. The second kappa shape index (κ2) is 6.23. The third-order valence-corrected chi connectivity index (χ3v) is 12.1. The fourth-order valence-electron chi connectivity index (χ4n) is 2.27. The molecule has 0 amide bonds. The van der Waals surface area contributed by atoms with Crippen molar-refractivity contribution in [2.24, 2.45) is 0 Å². The molecule has 0 heterocycles. The van der Waals surface area contributed by atoms with Gasteiger partial charge in [0.25, 0.3) is 0 Å². The lowest BCUT2D eigenvalue weighted by molar-refractivity contribution is -0.137. The van der Waals surface area contributed by atoms with E-state index in [4.69, 9.17) is 8.23 Å². The van der Waals surface area contributed by atoms with Crippen molar-refractivity contribution >= 4 is 30.4 Å². The Morgan fingerprint density at radius 3 is 1.36 bits per heavy atom. The quantitative estimate of drug-likeness (QED) is 0.704. The Morgan fingerprint density at radius 1 is 0.727 bits per heavy atom. The van der Waals surface area contributed by atoms with E-state index in [1.807, 2.05) is 6.55 Å². The van der Waals surface area contributed by atoms with Crippen LogP contribution >= 0.6 is 0 Å². The molecule has 0 fully saturated rings. The zero-order valence-corrected chi connectivity index (χ0v) is 17.3. The van der Waals surface area contributed by atoms with Gasteiger partial charge in [0.1, 0.15) is 0 Å². The fourth-order valence-corrected chi connectivity index (χ4v) is 13.9. The summed E-state index contributed by atoms with van der Waals surface area (Å²) in [6.07, 6.45) is -4.32. The Balaban J connectivity index is 3.21. The summed E-state index contributed by atoms with van der Waals surface area (Å²) in [5.74, 6) is 0. The van der Waals surface area contributed by atoms with Gasteiger partial charge in [0.2, 0.25) is 0 Å². The maximum atomic E-state index is 12.7. The number of halogens is 3. The predicted octanol–water partition coefficient (Wildman–Crippen LogP) is 4.69. The molecule has 8 heteroatoms. The van der Waals surface area contributed by atoms with Crippen LogP contribution in [0.25, 0.3) is 0 Å². The second-order valence-corrected chi connectivity index (χ2v) is 20.0. The van der Waals surface area contributed by atoms with Crippen molar-refractivity contribution in [1.29, 1.82) is 0 Å². The van der Waals surface area contributed by atoms with Crippen LogP contribution in [0.15, 0.2) is 24.3 Å². The van der Waals surface area contributed by atoms with Gasteiger partial charge in [-0.3, -0.25) is 0 Å². The molecule has 126 valence electrons. The fraction of sp³-hybridized carbons (Fsp3) is 0.571. The summed E-state index contributed by atoms with van der Waals surface area (Å²) >= 11 is 0. The maximum Gasteiger partial charge on any atom is 0.416 e. The van der Waals surface area contributed by atoms with E-state index in [1.54, 1.807) is 0 Å². The van der Waals surface area contributed by atoms with Crippen molar-refractivity contribution in [2.45, 2.75) is 52.0 Å². The summed E-state index contributed by atoms with van der Waals surface area (Å²) in [4.78, 5) is 0. The van der Waals surface area contributed by atoms with E-state index in [0.717, 1.165) is 17.3 Å². The third-order valence-electron chi connectivity index (χ3n) is 2.74. The van der Waals surface area contributed by atoms with Crippen LogP contribution in [-0.2, 0) is 14.4 Å². The summed E-state index contributed by atoms with van der Waals surface area (Å²) in [6, 6.07) is 5.24. The Morgan fingerprint density at radius 2 is 1.09 bits per heavy atom. The van der Waals surface area contributed by atoms with Crippen LogP contribution in [0.1, 0.15) is 5.56 Å². The van der Waals surface area contributed by atoms with Crippen LogP contribution in [0.3, 0.4) is 0 Å². The first-order valence-corrected chi connectivity index (χ1v) is 16.3. The third kappa shape index (κ3) is 5.99. The average molecular weight is 367 g/mol. The molecule has 0 aliphatic carbocycles. The van der Waals surface area contributed by atoms with Gasteiger partial charge in [-0.2, -0.15) is 13.2 Å². The van der Waals surface area contributed by atoms with Gasteiger partial charge in [0.05, 0.1) is 5.56 Å². The van der Waals surface area contributed by atoms with Crippen molar-refractivity contribution in [2.75, 3.05) is 0 Å². The molecular weight excluding hydrogens is 341 g/mol. The minimum absolute atomic E-state index is 0.645. The molecule has 0 unspecified atom stereocenters. The highest BCUT2D eigenvalue weighted by atomic mass is 28.5. The lowest BCUT2D eigenvalue weighted by Crippen LogP contribution is -2.60. The maximum absolute atomic E-state index is 12.7. The van der Waals surface area contributed by atoms with Crippen LogP contribution in [0, 0.1) is 0 Å². The van der Waals surface area contributed by atoms with Crippen LogP contribution in [-0.4, -0.2) is 25.2 Å². The van der Waals surface area contributed by atoms with Crippen LogP contribution in [0.4, 0.5) is 13.2 Å². The Hall–Kier alpha value is -0.419. The molecule has 1 rings (SSSR count). The molecule has 2 nitrogen and oxygen atoms in total. The molecule has 0 N–H and O–H groups in total. The van der Waals surface area contributed by atoms with Gasteiger partial charge in [-0.15, -0.1) is 0 Å². The number of hydrogen-bond donors (Lipinski definition) is 0. The van der Waals surface area contributed by atoms with Gasteiger partial charge in [0, 0.05) is 0 Å². The first kappa shape index (κ1) is 19.6. The zero-order chi connectivity index (χ0) is 17.4. The molecule has 1 aromatic rings. The molecule has 0 atom stereocenters. The summed E-state index contributed by atoms with van der Waals surface area (Å²) in [6.45, 7) is 14.3. The summed E-state index contributed by atoms with van der Waals surface area (Å²) in [5, 5.41) is 0.755. The number of hydrogen-bond acceptors (Lipinski definition) is 2. The molecular formula is C14H25F3O2Si3. The molecule has 0 radical (unpaired) electrons. The van der Waals surface area contributed by atoms with Gasteiger partial charge in [0.15, 0.2) is 16.6 Å². The van der Waals surface area contributed by atoms with Crippen LogP contribution in [0.5, 0.6) is 0 Å². The van der Waals surface area contributed by atoms with E-state index in [2.05, 4.69) is 39.3 Å². The van der Waals surface area contributed by atoms with Gasteiger partial charge in [-0.05, 0) is 63.1 Å². The first-order chi connectivity index (χ1) is 9.62. The summed E-state index contributed by atoms with van der Waals surface area (Å²) in [5.41, 5.74) is -0.645. The minimum Gasteiger partial charge on any atom is -0.433 e. The zero-order valence-electron chi connectivity index (χ0n) is 14.3. The van der Waals surface area contributed by atoms with Crippen molar-refractivity contribution in [3.8, 4) is 0 Å². The summed E-state index contributed by atoms with van der Waals surface area (Å²) in [7, 11) is -6.50. The highest BCUT2D eigenvalue weighted by Gasteiger charge is 2.42. The molecule has 0 aromatic heterocycles. The monoisotopic (exact) mass is 366 g/mol. The molecule has 0 spiro atoms. The molecule has 0 saturated carbocycles. The van der Waals surface area contributed by atoms with Crippen molar-refractivity contribution in [3.63, 3.8) is 0 Å². The van der Waals surface area contributed by atoms with Gasteiger partial charge in [-0.25, -0.2) is 0 Å². The number of alkyl halides is 3. The van der Waals surface area contributed by atoms with Crippen molar-refractivity contribution in [1.82, 2.24) is 0 Å². The topological polar surface area (TPSA) is 18.5 Å². The molecule has 0 aliphatic heterocycles. The van der Waals surface area contributed by atoms with Gasteiger partial charge < -0.3 is 8.23 Å². The lowest BCUT2D eigenvalue weighted by atomic mass is 10.2. The lowest BCUT2D eigenvalue weighted by Gasteiger charge is -2.38. The minimum atomic E-state index is -4.32. The van der Waals surface area contributed by atoms with Gasteiger partial charge >= 0.3 is 14.7 Å². The van der Waals surface area contributed by atoms with Crippen molar-refractivity contribution in [3.05, 3.63) is 29.8 Å². The SMILES string of the molecule is C[Si](C)(C)O[Si](C)(O[Si](C)(C)C)c1ccc(C(F)(F)F)cc1. The Kier molecular flexibility index (Phi) is 5.56. The van der Waals surface area contributed by atoms with E-state index in [1.165, 1.54) is 12.1 Å². The molecule has 1 aromatic carbocycles. The van der Waals surface area contributed by atoms with Crippen LogP contribution < -0.4 is 5.19 Å². The number of rotatable bonds is 5. The van der Waals surface area contributed by atoms with E-state index in [0.29, 0.717) is 0 Å². The van der Waals surface area contributed by atoms with Gasteiger partial charge in [-0.1, -0.05) is 12.1 Å². The second-order valence-electron chi connectivity index (χ2n) is 7.45. The standard InChI is InChI=1S/C14H25F3O2Si3/c1-20(2,3)18-22(7,19-21(4,5)6)13-10-8-12(9-11-13)14(15,16)17/h8-11H,1-7H3. The first-order valence-electron chi connectivity index (χ1n) is 7.20. The molecule has 22 heavy (non-hydrogen) atoms. The molecule has 0 bridgehead atoms. The van der Waals surface area contributed by atoms with E-state index in [-0.39, 0.29) is 0 Å². The average Bonchev–Trinajstić information content (AvgIpc) is 2.22. The van der Waals surface area contributed by atoms with Crippen molar-refractivity contribution < 1.29 is 21.4 Å². The smallest absolute Gasteiger partial charge is 0.416 e. The Labute approximate surface area is 134 Å². The van der Waals surface area contributed by atoms with Crippen LogP contribution in [0.2, 0.25) is 45.8 Å². The largest absolute Gasteiger partial charge is 0.433 e. The van der Waals surface area contributed by atoms with E-state index in [9.17, 15) is 13.2 Å². The molecule has 0 aliphatic rings. The highest BCUT2D eigenvalue weighted by molar-refractivity contribution is 6.94. The van der Waals surface area contributed by atoms with E-state index < -0.39 is 36.9 Å². The summed E-state index contributed by atoms with van der Waals surface area (Å²) < 4.78 is 50.8. The number of benzene rings is 1. The van der Waals surface area contributed by atoms with E-state index >= 15 is 0 Å². The molecule has 0 saturated heterocycles. The predicted molar refractivity (Wildman–Crippen MR) is 91.6 cm³/mol. The Bertz CT molecular complexity index is 486. The highest BCUT2D eigenvalue weighted by Crippen LogP contribution is 2.29.